The quantitative estimate of drug-likeness (QED) is 0.484. The molecule has 0 aromatic heterocycles. The minimum atomic E-state index is -0.0789. The number of methoxy groups -OCH3 is 1. The molecule has 0 fully saturated rings. The molecule has 1 aliphatic carbocycles. The fraction of sp³-hybridized carbons (Fsp3) is 0.727. The van der Waals surface area contributed by atoms with Gasteiger partial charge in [-0.2, -0.15) is 0 Å². The van der Waals surface area contributed by atoms with Gasteiger partial charge in [-0.1, -0.05) is 18.6 Å². The van der Waals surface area contributed by atoms with Crippen LogP contribution in [0.2, 0.25) is 0 Å². The second-order valence-electron chi connectivity index (χ2n) is 3.95. The van der Waals surface area contributed by atoms with Crippen molar-refractivity contribution in [2.24, 2.45) is 11.8 Å². The van der Waals surface area contributed by atoms with Crippen LogP contribution < -0.4 is 0 Å². The van der Waals surface area contributed by atoms with Gasteiger partial charge >= 0.3 is 5.97 Å². The molecule has 1 aliphatic rings. The van der Waals surface area contributed by atoms with Gasteiger partial charge in [0.05, 0.1) is 7.11 Å². The molecule has 0 aromatic carbocycles. The van der Waals surface area contributed by atoms with Crippen LogP contribution in [0.3, 0.4) is 0 Å². The molecule has 0 radical (unpaired) electrons. The topological polar surface area (TPSA) is 26.3 Å². The second kappa shape index (κ2) is 4.45. The lowest BCUT2D eigenvalue weighted by molar-refractivity contribution is -0.142. The van der Waals surface area contributed by atoms with E-state index in [1.807, 2.05) is 0 Å². The molecule has 0 aromatic rings. The average molecular weight is 182 g/mol. The summed E-state index contributed by atoms with van der Waals surface area (Å²) in [5.74, 6) is 0.925. The van der Waals surface area contributed by atoms with Gasteiger partial charge in [0.25, 0.3) is 0 Å². The van der Waals surface area contributed by atoms with Gasteiger partial charge in [-0.25, -0.2) is 0 Å². The standard InChI is InChI=1S/C11H18O2/c1-8-4-5-10(9(2)6-8)7-11(12)13-3/h6,9-10H,4-5,7H2,1-3H3. The average Bonchev–Trinajstić information content (AvgIpc) is 2.09. The Kier molecular flexibility index (Phi) is 3.52. The first-order valence-corrected chi connectivity index (χ1v) is 4.87. The highest BCUT2D eigenvalue weighted by Gasteiger charge is 2.22. The van der Waals surface area contributed by atoms with Crippen LogP contribution in [0.5, 0.6) is 0 Å². The first-order valence-electron chi connectivity index (χ1n) is 4.87. The molecule has 1 rings (SSSR count). The Bertz CT molecular complexity index is 218. The Morgan fingerprint density at radius 3 is 2.92 bits per heavy atom. The largest absolute Gasteiger partial charge is 0.469 e. The molecule has 0 saturated heterocycles. The summed E-state index contributed by atoms with van der Waals surface area (Å²) in [5.41, 5.74) is 1.45. The van der Waals surface area contributed by atoms with E-state index >= 15 is 0 Å². The predicted octanol–water partition coefficient (Wildman–Crippen LogP) is 2.54. The molecule has 2 atom stereocenters. The van der Waals surface area contributed by atoms with Crippen LogP contribution >= 0.6 is 0 Å². The molecule has 0 N–H and O–H groups in total. The van der Waals surface area contributed by atoms with E-state index in [-0.39, 0.29) is 5.97 Å². The third kappa shape index (κ3) is 2.87. The fourth-order valence-electron chi connectivity index (χ4n) is 1.93. The summed E-state index contributed by atoms with van der Waals surface area (Å²) in [6.07, 6.45) is 5.10. The zero-order valence-corrected chi connectivity index (χ0v) is 8.67. The highest BCUT2D eigenvalue weighted by Crippen LogP contribution is 2.30. The lowest BCUT2D eigenvalue weighted by atomic mass is 9.80. The Labute approximate surface area is 80.0 Å². The number of allylic oxidation sites excluding steroid dienone is 2. The number of hydrogen-bond donors (Lipinski definition) is 0. The van der Waals surface area contributed by atoms with Crippen molar-refractivity contribution in [1.82, 2.24) is 0 Å². The maximum absolute atomic E-state index is 11.1. The van der Waals surface area contributed by atoms with Crippen molar-refractivity contribution >= 4 is 5.97 Å². The summed E-state index contributed by atoms with van der Waals surface area (Å²) in [6, 6.07) is 0. The second-order valence-corrected chi connectivity index (χ2v) is 3.95. The molecule has 13 heavy (non-hydrogen) atoms. The molecule has 74 valence electrons. The van der Waals surface area contributed by atoms with E-state index in [4.69, 9.17) is 0 Å². The number of rotatable bonds is 2. The lowest BCUT2D eigenvalue weighted by Crippen LogP contribution is -2.19. The third-order valence-electron chi connectivity index (χ3n) is 2.86. The minimum Gasteiger partial charge on any atom is -0.469 e. The number of carbonyl (C=O) groups is 1. The number of hydrogen-bond acceptors (Lipinski definition) is 2. The molecular formula is C11H18O2. The van der Waals surface area contributed by atoms with Crippen LogP contribution in [0.4, 0.5) is 0 Å². The molecule has 0 heterocycles. The molecular weight excluding hydrogens is 164 g/mol. The van der Waals surface area contributed by atoms with Gasteiger partial charge < -0.3 is 4.74 Å². The summed E-state index contributed by atoms with van der Waals surface area (Å²) in [5, 5.41) is 0. The number of carbonyl (C=O) groups excluding carboxylic acids is 1. The smallest absolute Gasteiger partial charge is 0.305 e. The minimum absolute atomic E-state index is 0.0789. The Morgan fingerprint density at radius 2 is 2.38 bits per heavy atom. The van der Waals surface area contributed by atoms with E-state index in [2.05, 4.69) is 24.7 Å². The van der Waals surface area contributed by atoms with Gasteiger partial charge in [-0.3, -0.25) is 4.79 Å². The number of esters is 1. The van der Waals surface area contributed by atoms with E-state index in [1.54, 1.807) is 0 Å². The number of ether oxygens (including phenoxy) is 1. The van der Waals surface area contributed by atoms with Crippen LogP contribution in [0.25, 0.3) is 0 Å². The summed E-state index contributed by atoms with van der Waals surface area (Å²) < 4.78 is 4.67. The van der Waals surface area contributed by atoms with Crippen molar-refractivity contribution in [2.75, 3.05) is 7.11 Å². The van der Waals surface area contributed by atoms with Crippen molar-refractivity contribution in [3.63, 3.8) is 0 Å². The van der Waals surface area contributed by atoms with Crippen molar-refractivity contribution in [3.8, 4) is 0 Å². The summed E-state index contributed by atoms with van der Waals surface area (Å²) >= 11 is 0. The van der Waals surface area contributed by atoms with E-state index in [0.717, 1.165) is 12.8 Å². The van der Waals surface area contributed by atoms with E-state index < -0.39 is 0 Å². The third-order valence-corrected chi connectivity index (χ3v) is 2.86. The zero-order chi connectivity index (χ0) is 9.84. The monoisotopic (exact) mass is 182 g/mol. The summed E-state index contributed by atoms with van der Waals surface area (Å²) in [4.78, 5) is 11.1. The molecule has 2 unspecified atom stereocenters. The molecule has 0 saturated carbocycles. The maximum atomic E-state index is 11.1. The molecule has 0 aliphatic heterocycles. The van der Waals surface area contributed by atoms with Gasteiger partial charge in [0, 0.05) is 6.42 Å². The van der Waals surface area contributed by atoms with Crippen molar-refractivity contribution < 1.29 is 9.53 Å². The molecule has 2 nitrogen and oxygen atoms in total. The Morgan fingerprint density at radius 1 is 1.69 bits per heavy atom. The van der Waals surface area contributed by atoms with Gasteiger partial charge in [0.2, 0.25) is 0 Å². The highest BCUT2D eigenvalue weighted by atomic mass is 16.5. The summed E-state index contributed by atoms with van der Waals surface area (Å²) in [6.45, 7) is 4.33. The molecule has 0 spiro atoms. The first-order chi connectivity index (χ1) is 6.13. The van der Waals surface area contributed by atoms with E-state index in [9.17, 15) is 4.79 Å². The zero-order valence-electron chi connectivity index (χ0n) is 8.67. The van der Waals surface area contributed by atoms with E-state index in [0.29, 0.717) is 18.3 Å². The van der Waals surface area contributed by atoms with Crippen LogP contribution in [-0.4, -0.2) is 13.1 Å². The van der Waals surface area contributed by atoms with Gasteiger partial charge in [0.15, 0.2) is 0 Å². The molecule has 0 bridgehead atoms. The van der Waals surface area contributed by atoms with Crippen molar-refractivity contribution in [2.45, 2.75) is 33.1 Å². The van der Waals surface area contributed by atoms with Crippen molar-refractivity contribution in [1.29, 1.82) is 0 Å². The van der Waals surface area contributed by atoms with Crippen molar-refractivity contribution in [3.05, 3.63) is 11.6 Å². The summed E-state index contributed by atoms with van der Waals surface area (Å²) in [7, 11) is 1.46. The fourth-order valence-corrected chi connectivity index (χ4v) is 1.93. The highest BCUT2D eigenvalue weighted by molar-refractivity contribution is 5.69. The Balaban J connectivity index is 2.49. The van der Waals surface area contributed by atoms with Gasteiger partial charge in [0.1, 0.15) is 0 Å². The van der Waals surface area contributed by atoms with Crippen LogP contribution in [0.1, 0.15) is 33.1 Å². The SMILES string of the molecule is COC(=O)CC1CCC(C)=CC1C. The van der Waals surface area contributed by atoms with Gasteiger partial charge in [-0.15, -0.1) is 0 Å². The predicted molar refractivity (Wildman–Crippen MR) is 52.3 cm³/mol. The molecule has 2 heteroatoms. The van der Waals surface area contributed by atoms with Crippen LogP contribution in [0.15, 0.2) is 11.6 Å². The molecule has 0 amide bonds. The van der Waals surface area contributed by atoms with E-state index in [1.165, 1.54) is 12.7 Å². The van der Waals surface area contributed by atoms with Crippen LogP contribution in [0, 0.1) is 11.8 Å². The maximum Gasteiger partial charge on any atom is 0.305 e. The first kappa shape index (κ1) is 10.3. The van der Waals surface area contributed by atoms with Gasteiger partial charge in [-0.05, 0) is 31.6 Å². The van der Waals surface area contributed by atoms with Crippen LogP contribution in [-0.2, 0) is 9.53 Å². The lowest BCUT2D eigenvalue weighted by Gasteiger charge is -2.25. The Hall–Kier alpha value is -0.790. The normalized spacial score (nSPS) is 28.1.